The van der Waals surface area contributed by atoms with Crippen molar-refractivity contribution < 1.29 is 4.42 Å². The minimum absolute atomic E-state index is 0.127. The number of H-pyrrole nitrogens is 1. The molecule has 0 fully saturated rings. The molecule has 0 unspecified atom stereocenters. The van der Waals surface area contributed by atoms with E-state index in [1.165, 1.54) is 5.56 Å². The number of nitrogens with one attached hydrogen (secondary N) is 1. The summed E-state index contributed by atoms with van der Waals surface area (Å²) in [6.45, 7) is 6.53. The molecular formula is C12H15NO2. The highest BCUT2D eigenvalue weighted by molar-refractivity contribution is 5.73. The summed E-state index contributed by atoms with van der Waals surface area (Å²) in [7, 11) is 0. The normalized spacial score (nSPS) is 12.2. The second-order valence-electron chi connectivity index (χ2n) is 4.46. The van der Waals surface area contributed by atoms with Crippen LogP contribution in [0.4, 0.5) is 0 Å². The molecular weight excluding hydrogens is 190 g/mol. The molecule has 0 aliphatic heterocycles. The van der Waals surface area contributed by atoms with Crippen molar-refractivity contribution in [2.75, 3.05) is 0 Å². The SMILES string of the molecule is CCC(C)(C)c1ccc2oc(=O)[nH]c2c1. The van der Waals surface area contributed by atoms with Gasteiger partial charge in [-0.05, 0) is 29.5 Å². The van der Waals surface area contributed by atoms with Crippen LogP contribution in [0.15, 0.2) is 27.4 Å². The van der Waals surface area contributed by atoms with Crippen molar-refractivity contribution in [3.8, 4) is 0 Å². The molecule has 3 heteroatoms. The number of fused-ring (bicyclic) bond motifs is 1. The summed E-state index contributed by atoms with van der Waals surface area (Å²) < 4.78 is 4.96. The molecule has 0 atom stereocenters. The molecule has 0 saturated heterocycles. The van der Waals surface area contributed by atoms with Crippen LogP contribution in [-0.4, -0.2) is 4.98 Å². The molecule has 80 valence electrons. The van der Waals surface area contributed by atoms with E-state index >= 15 is 0 Å². The summed E-state index contributed by atoms with van der Waals surface area (Å²) >= 11 is 0. The number of aromatic amines is 1. The lowest BCUT2D eigenvalue weighted by Crippen LogP contribution is -2.15. The minimum atomic E-state index is -0.392. The van der Waals surface area contributed by atoms with Gasteiger partial charge >= 0.3 is 5.76 Å². The summed E-state index contributed by atoms with van der Waals surface area (Å²) in [6, 6.07) is 5.85. The Morgan fingerprint density at radius 2 is 2.13 bits per heavy atom. The largest absolute Gasteiger partial charge is 0.417 e. The Balaban J connectivity index is 2.60. The Bertz CT molecular complexity index is 534. The molecule has 1 aromatic carbocycles. The lowest BCUT2D eigenvalue weighted by molar-refractivity contribution is 0.506. The zero-order valence-corrected chi connectivity index (χ0v) is 9.26. The summed E-state index contributed by atoms with van der Waals surface area (Å²) in [4.78, 5) is 13.7. The number of hydrogen-bond donors (Lipinski definition) is 1. The molecule has 0 aliphatic carbocycles. The highest BCUT2D eigenvalue weighted by Gasteiger charge is 2.18. The van der Waals surface area contributed by atoms with Gasteiger partial charge in [-0.25, -0.2) is 4.79 Å². The predicted molar refractivity (Wildman–Crippen MR) is 60.2 cm³/mol. The van der Waals surface area contributed by atoms with Crippen molar-refractivity contribution in [3.05, 3.63) is 34.3 Å². The number of benzene rings is 1. The predicted octanol–water partition coefficient (Wildman–Crippen LogP) is 2.81. The Morgan fingerprint density at radius 3 is 2.80 bits per heavy atom. The molecule has 0 spiro atoms. The zero-order valence-electron chi connectivity index (χ0n) is 9.26. The number of aromatic nitrogens is 1. The minimum Gasteiger partial charge on any atom is -0.408 e. The number of hydrogen-bond acceptors (Lipinski definition) is 2. The van der Waals surface area contributed by atoms with E-state index in [-0.39, 0.29) is 5.41 Å². The number of rotatable bonds is 2. The van der Waals surface area contributed by atoms with Crippen LogP contribution in [0.25, 0.3) is 11.1 Å². The Kier molecular flexibility index (Phi) is 2.18. The molecule has 1 heterocycles. The van der Waals surface area contributed by atoms with Gasteiger partial charge in [-0.1, -0.05) is 26.8 Å². The van der Waals surface area contributed by atoms with Gasteiger partial charge in [-0.2, -0.15) is 0 Å². The lowest BCUT2D eigenvalue weighted by atomic mass is 9.82. The average molecular weight is 205 g/mol. The van der Waals surface area contributed by atoms with Gasteiger partial charge in [0, 0.05) is 0 Å². The van der Waals surface area contributed by atoms with E-state index in [9.17, 15) is 4.79 Å². The van der Waals surface area contributed by atoms with Crippen LogP contribution in [-0.2, 0) is 5.41 Å². The van der Waals surface area contributed by atoms with Gasteiger partial charge in [0.1, 0.15) is 0 Å². The quantitative estimate of drug-likeness (QED) is 0.819. The van der Waals surface area contributed by atoms with Crippen molar-refractivity contribution >= 4 is 11.1 Å². The summed E-state index contributed by atoms with van der Waals surface area (Å²) in [5.41, 5.74) is 2.74. The Morgan fingerprint density at radius 1 is 1.40 bits per heavy atom. The van der Waals surface area contributed by atoms with E-state index in [1.54, 1.807) is 0 Å². The molecule has 2 aromatic rings. The van der Waals surface area contributed by atoms with Gasteiger partial charge in [0.2, 0.25) is 0 Å². The first-order chi connectivity index (χ1) is 7.03. The molecule has 0 saturated carbocycles. The molecule has 1 N–H and O–H groups in total. The maximum Gasteiger partial charge on any atom is 0.417 e. The molecule has 0 bridgehead atoms. The van der Waals surface area contributed by atoms with Gasteiger partial charge in [-0.15, -0.1) is 0 Å². The average Bonchev–Trinajstić information content (AvgIpc) is 2.56. The van der Waals surface area contributed by atoms with Crippen molar-refractivity contribution in [2.45, 2.75) is 32.6 Å². The third-order valence-corrected chi connectivity index (χ3v) is 3.08. The van der Waals surface area contributed by atoms with Gasteiger partial charge in [0.05, 0.1) is 5.52 Å². The van der Waals surface area contributed by atoms with Crippen LogP contribution in [0.2, 0.25) is 0 Å². The van der Waals surface area contributed by atoms with Crippen molar-refractivity contribution in [2.24, 2.45) is 0 Å². The summed E-state index contributed by atoms with van der Waals surface area (Å²) in [5.74, 6) is -0.392. The van der Waals surface area contributed by atoms with Crippen LogP contribution in [0, 0.1) is 0 Å². The first kappa shape index (κ1) is 10.0. The summed E-state index contributed by atoms with van der Waals surface area (Å²) in [6.07, 6.45) is 1.06. The van der Waals surface area contributed by atoms with E-state index in [1.807, 2.05) is 18.2 Å². The van der Waals surface area contributed by atoms with Gasteiger partial charge in [-0.3, -0.25) is 4.98 Å². The second-order valence-corrected chi connectivity index (χ2v) is 4.46. The van der Waals surface area contributed by atoms with E-state index in [0.29, 0.717) is 5.58 Å². The standard InChI is InChI=1S/C12H15NO2/c1-4-12(2,3)8-5-6-10-9(7-8)13-11(14)15-10/h5-7H,4H2,1-3H3,(H,13,14). The molecule has 3 nitrogen and oxygen atoms in total. The fourth-order valence-electron chi connectivity index (χ4n) is 1.58. The molecule has 2 rings (SSSR count). The van der Waals surface area contributed by atoms with Crippen LogP contribution in [0.3, 0.4) is 0 Å². The maximum atomic E-state index is 11.0. The molecule has 0 amide bonds. The zero-order chi connectivity index (χ0) is 11.1. The maximum absolute atomic E-state index is 11.0. The molecule has 0 radical (unpaired) electrons. The first-order valence-electron chi connectivity index (χ1n) is 5.16. The summed E-state index contributed by atoms with van der Waals surface area (Å²) in [5, 5.41) is 0. The third-order valence-electron chi connectivity index (χ3n) is 3.08. The molecule has 15 heavy (non-hydrogen) atoms. The van der Waals surface area contributed by atoms with E-state index in [0.717, 1.165) is 11.9 Å². The lowest BCUT2D eigenvalue weighted by Gasteiger charge is -2.22. The molecule has 0 aliphatic rings. The van der Waals surface area contributed by atoms with Crippen LogP contribution in [0.1, 0.15) is 32.8 Å². The van der Waals surface area contributed by atoms with Gasteiger partial charge in [0.15, 0.2) is 5.58 Å². The second kappa shape index (κ2) is 3.26. The highest BCUT2D eigenvalue weighted by atomic mass is 16.4. The van der Waals surface area contributed by atoms with Crippen molar-refractivity contribution in [1.29, 1.82) is 0 Å². The Labute approximate surface area is 88.1 Å². The molecule has 1 aromatic heterocycles. The Hall–Kier alpha value is -1.51. The smallest absolute Gasteiger partial charge is 0.408 e. The number of oxazole rings is 1. The van der Waals surface area contributed by atoms with Gasteiger partial charge in [0.25, 0.3) is 0 Å². The fourth-order valence-corrected chi connectivity index (χ4v) is 1.58. The highest BCUT2D eigenvalue weighted by Crippen LogP contribution is 2.28. The topological polar surface area (TPSA) is 46.0 Å². The van der Waals surface area contributed by atoms with E-state index in [4.69, 9.17) is 4.42 Å². The third kappa shape index (κ3) is 1.69. The van der Waals surface area contributed by atoms with Crippen molar-refractivity contribution in [1.82, 2.24) is 4.98 Å². The van der Waals surface area contributed by atoms with Gasteiger partial charge < -0.3 is 4.42 Å². The fraction of sp³-hybridized carbons (Fsp3) is 0.417. The first-order valence-corrected chi connectivity index (χ1v) is 5.16. The van der Waals surface area contributed by atoms with Crippen LogP contribution >= 0.6 is 0 Å². The van der Waals surface area contributed by atoms with E-state index < -0.39 is 5.76 Å². The van der Waals surface area contributed by atoms with Crippen LogP contribution < -0.4 is 5.76 Å². The van der Waals surface area contributed by atoms with Crippen LogP contribution in [0.5, 0.6) is 0 Å². The van der Waals surface area contributed by atoms with Crippen molar-refractivity contribution in [3.63, 3.8) is 0 Å². The monoisotopic (exact) mass is 205 g/mol. The van der Waals surface area contributed by atoms with E-state index in [2.05, 4.69) is 25.8 Å².